The number of rotatable bonds is 5. The fourth-order valence-corrected chi connectivity index (χ4v) is 2.31. The second kappa shape index (κ2) is 5.83. The molecule has 18 heavy (non-hydrogen) atoms. The zero-order valence-electron chi connectivity index (χ0n) is 11.4. The molecule has 3 heteroatoms. The molecule has 1 heterocycles. The average Bonchev–Trinajstić information content (AvgIpc) is 2.74. The minimum absolute atomic E-state index is 0.486. The maximum atomic E-state index is 4.53. The summed E-state index contributed by atoms with van der Waals surface area (Å²) in [6.07, 6.45) is 1.98. The van der Waals surface area contributed by atoms with Gasteiger partial charge in [-0.25, -0.2) is 0 Å². The molecule has 0 aliphatic carbocycles. The molecule has 0 unspecified atom stereocenters. The van der Waals surface area contributed by atoms with E-state index in [0.717, 1.165) is 13.1 Å². The summed E-state index contributed by atoms with van der Waals surface area (Å²) in [7, 11) is 1.97. The summed E-state index contributed by atoms with van der Waals surface area (Å²) in [5.41, 5.74) is 3.91. The monoisotopic (exact) mass is 243 g/mol. The van der Waals surface area contributed by atoms with Gasteiger partial charge in [-0.2, -0.15) is 5.10 Å². The quantitative estimate of drug-likeness (QED) is 0.875. The molecule has 1 aromatic carbocycles. The van der Waals surface area contributed by atoms with Crippen LogP contribution in [-0.4, -0.2) is 16.8 Å². The third-order valence-electron chi connectivity index (χ3n) is 3.05. The summed E-state index contributed by atoms with van der Waals surface area (Å²) in [6.45, 7) is 6.16. The Balaban J connectivity index is 2.28. The maximum absolute atomic E-state index is 4.53. The molecule has 0 bridgehead atoms. The SMILES string of the molecule is CNCc1cnn(Cc2ccccc2)c1C(C)C. The number of hydrogen-bond acceptors (Lipinski definition) is 2. The Labute approximate surface area is 109 Å². The fourth-order valence-electron chi connectivity index (χ4n) is 2.31. The van der Waals surface area contributed by atoms with Crippen molar-refractivity contribution in [2.45, 2.75) is 32.9 Å². The van der Waals surface area contributed by atoms with E-state index in [4.69, 9.17) is 0 Å². The molecule has 0 fully saturated rings. The van der Waals surface area contributed by atoms with E-state index in [-0.39, 0.29) is 0 Å². The van der Waals surface area contributed by atoms with Crippen molar-refractivity contribution in [3.63, 3.8) is 0 Å². The number of hydrogen-bond donors (Lipinski definition) is 1. The molecular formula is C15H21N3. The molecule has 0 amide bonds. The van der Waals surface area contributed by atoms with E-state index in [1.54, 1.807) is 0 Å². The van der Waals surface area contributed by atoms with Crippen LogP contribution in [0.2, 0.25) is 0 Å². The zero-order valence-corrected chi connectivity index (χ0v) is 11.4. The van der Waals surface area contributed by atoms with Gasteiger partial charge in [0, 0.05) is 17.8 Å². The Hall–Kier alpha value is -1.61. The van der Waals surface area contributed by atoms with Crippen LogP contribution >= 0.6 is 0 Å². The van der Waals surface area contributed by atoms with E-state index in [2.05, 4.69) is 53.2 Å². The molecule has 0 spiro atoms. The van der Waals surface area contributed by atoms with Crippen molar-refractivity contribution >= 4 is 0 Å². The lowest BCUT2D eigenvalue weighted by Gasteiger charge is -2.13. The van der Waals surface area contributed by atoms with Crippen LogP contribution in [0.15, 0.2) is 36.5 Å². The number of nitrogens with zero attached hydrogens (tertiary/aromatic N) is 2. The second-order valence-corrected chi connectivity index (χ2v) is 4.88. The van der Waals surface area contributed by atoms with Crippen LogP contribution in [0.1, 0.15) is 36.6 Å². The number of aromatic nitrogens is 2. The molecule has 0 aliphatic heterocycles. The first-order valence-electron chi connectivity index (χ1n) is 6.45. The first kappa shape index (κ1) is 12.8. The standard InChI is InChI=1S/C15H21N3/c1-12(2)15-14(9-16-3)10-17-18(15)11-13-7-5-4-6-8-13/h4-8,10,12,16H,9,11H2,1-3H3. The van der Waals surface area contributed by atoms with Gasteiger partial charge in [0.15, 0.2) is 0 Å². The van der Waals surface area contributed by atoms with Crippen molar-refractivity contribution in [3.05, 3.63) is 53.3 Å². The van der Waals surface area contributed by atoms with Crippen LogP contribution in [0, 0.1) is 0 Å². The Morgan fingerprint density at radius 1 is 1.22 bits per heavy atom. The van der Waals surface area contributed by atoms with Crippen molar-refractivity contribution < 1.29 is 0 Å². The van der Waals surface area contributed by atoms with Gasteiger partial charge in [-0.15, -0.1) is 0 Å². The molecule has 0 aliphatic rings. The molecule has 0 saturated carbocycles. The number of nitrogens with one attached hydrogen (secondary N) is 1. The molecule has 1 aromatic heterocycles. The average molecular weight is 243 g/mol. The molecule has 2 aromatic rings. The minimum Gasteiger partial charge on any atom is -0.316 e. The molecule has 0 radical (unpaired) electrons. The van der Waals surface area contributed by atoms with Gasteiger partial charge in [0.2, 0.25) is 0 Å². The highest BCUT2D eigenvalue weighted by Gasteiger charge is 2.13. The van der Waals surface area contributed by atoms with Crippen molar-refractivity contribution in [1.29, 1.82) is 0 Å². The van der Waals surface area contributed by atoms with Gasteiger partial charge in [-0.05, 0) is 18.5 Å². The summed E-state index contributed by atoms with van der Waals surface area (Å²) in [5, 5.41) is 7.73. The molecule has 0 atom stereocenters. The lowest BCUT2D eigenvalue weighted by atomic mass is 10.1. The van der Waals surface area contributed by atoms with Crippen molar-refractivity contribution in [2.24, 2.45) is 0 Å². The molecule has 1 N–H and O–H groups in total. The topological polar surface area (TPSA) is 29.9 Å². The van der Waals surface area contributed by atoms with E-state index < -0.39 is 0 Å². The fraction of sp³-hybridized carbons (Fsp3) is 0.400. The lowest BCUT2D eigenvalue weighted by Crippen LogP contribution is -2.12. The molecule has 2 rings (SSSR count). The molecule has 96 valence electrons. The first-order valence-corrected chi connectivity index (χ1v) is 6.45. The normalized spacial score (nSPS) is 11.1. The molecule has 0 saturated heterocycles. The highest BCUT2D eigenvalue weighted by atomic mass is 15.3. The largest absolute Gasteiger partial charge is 0.316 e. The Morgan fingerprint density at radius 2 is 1.94 bits per heavy atom. The minimum atomic E-state index is 0.486. The predicted molar refractivity (Wildman–Crippen MR) is 74.6 cm³/mol. The maximum Gasteiger partial charge on any atom is 0.0662 e. The van der Waals surface area contributed by atoms with Crippen molar-refractivity contribution in [2.75, 3.05) is 7.05 Å². The van der Waals surface area contributed by atoms with Gasteiger partial charge < -0.3 is 5.32 Å². The highest BCUT2D eigenvalue weighted by Crippen LogP contribution is 2.20. The van der Waals surface area contributed by atoms with Gasteiger partial charge in [0.1, 0.15) is 0 Å². The zero-order chi connectivity index (χ0) is 13.0. The molecule has 3 nitrogen and oxygen atoms in total. The van der Waals surface area contributed by atoms with Gasteiger partial charge >= 0.3 is 0 Å². The third-order valence-corrected chi connectivity index (χ3v) is 3.05. The predicted octanol–water partition coefficient (Wildman–Crippen LogP) is 2.77. The first-order chi connectivity index (χ1) is 8.72. The smallest absolute Gasteiger partial charge is 0.0662 e. The molecular weight excluding hydrogens is 222 g/mol. The number of benzene rings is 1. The van der Waals surface area contributed by atoms with E-state index in [1.807, 2.05) is 19.3 Å². The Morgan fingerprint density at radius 3 is 2.56 bits per heavy atom. The summed E-state index contributed by atoms with van der Waals surface area (Å²) in [6, 6.07) is 10.5. The summed E-state index contributed by atoms with van der Waals surface area (Å²) in [4.78, 5) is 0. The Bertz CT molecular complexity index is 486. The lowest BCUT2D eigenvalue weighted by molar-refractivity contribution is 0.611. The summed E-state index contributed by atoms with van der Waals surface area (Å²) in [5.74, 6) is 0.486. The van der Waals surface area contributed by atoms with Crippen LogP contribution in [0.3, 0.4) is 0 Å². The second-order valence-electron chi connectivity index (χ2n) is 4.88. The summed E-state index contributed by atoms with van der Waals surface area (Å²) >= 11 is 0. The van der Waals surface area contributed by atoms with E-state index in [9.17, 15) is 0 Å². The van der Waals surface area contributed by atoms with Gasteiger partial charge in [0.05, 0.1) is 12.7 Å². The van der Waals surface area contributed by atoms with Crippen LogP contribution < -0.4 is 5.32 Å². The van der Waals surface area contributed by atoms with Crippen LogP contribution in [-0.2, 0) is 13.1 Å². The van der Waals surface area contributed by atoms with Gasteiger partial charge in [0.25, 0.3) is 0 Å². The summed E-state index contributed by atoms with van der Waals surface area (Å²) < 4.78 is 2.12. The van der Waals surface area contributed by atoms with Crippen LogP contribution in [0.25, 0.3) is 0 Å². The van der Waals surface area contributed by atoms with Crippen LogP contribution in [0.5, 0.6) is 0 Å². The van der Waals surface area contributed by atoms with Crippen LogP contribution in [0.4, 0.5) is 0 Å². The van der Waals surface area contributed by atoms with Gasteiger partial charge in [-0.1, -0.05) is 44.2 Å². The Kier molecular flexibility index (Phi) is 4.15. The van der Waals surface area contributed by atoms with Gasteiger partial charge in [-0.3, -0.25) is 4.68 Å². The van der Waals surface area contributed by atoms with E-state index in [0.29, 0.717) is 5.92 Å². The van der Waals surface area contributed by atoms with Crippen molar-refractivity contribution in [1.82, 2.24) is 15.1 Å². The van der Waals surface area contributed by atoms with Crippen molar-refractivity contribution in [3.8, 4) is 0 Å². The van der Waals surface area contributed by atoms with E-state index >= 15 is 0 Å². The highest BCUT2D eigenvalue weighted by molar-refractivity contribution is 5.23. The third kappa shape index (κ3) is 2.79. The van der Waals surface area contributed by atoms with E-state index in [1.165, 1.54) is 16.8 Å².